The van der Waals surface area contributed by atoms with E-state index in [-0.39, 0.29) is 5.91 Å². The molecule has 1 heterocycles. The first kappa shape index (κ1) is 14.0. The maximum absolute atomic E-state index is 11.5. The number of carbonyl (C=O) groups is 1. The first-order chi connectivity index (χ1) is 8.24. The molecule has 7 heteroatoms. The highest BCUT2D eigenvalue weighted by Crippen LogP contribution is 1.98. The normalized spacial score (nSPS) is 12.4. The SMILES string of the molecule is CSCC[C@H](N)C(=O)NCCCn1ccnn1. The molecule has 0 unspecified atom stereocenters. The van der Waals surface area contributed by atoms with Gasteiger partial charge in [0.05, 0.1) is 12.2 Å². The second-order valence-corrected chi connectivity index (χ2v) is 4.68. The molecule has 0 saturated carbocycles. The third-order valence-corrected chi connectivity index (χ3v) is 2.95. The molecule has 1 aromatic rings. The Kier molecular flexibility index (Phi) is 6.64. The number of nitrogens with one attached hydrogen (secondary N) is 1. The maximum atomic E-state index is 11.5. The molecule has 0 spiro atoms. The topological polar surface area (TPSA) is 85.8 Å². The molecule has 0 saturated heterocycles. The lowest BCUT2D eigenvalue weighted by Gasteiger charge is -2.11. The first-order valence-corrected chi connectivity index (χ1v) is 6.99. The number of hydrogen-bond donors (Lipinski definition) is 2. The molecule has 1 rings (SSSR count). The average Bonchev–Trinajstić information content (AvgIpc) is 2.84. The molecule has 0 radical (unpaired) electrons. The van der Waals surface area contributed by atoms with Crippen molar-refractivity contribution in [2.45, 2.75) is 25.4 Å². The Hall–Kier alpha value is -1.08. The first-order valence-electron chi connectivity index (χ1n) is 5.60. The van der Waals surface area contributed by atoms with Crippen LogP contribution in [0.15, 0.2) is 12.4 Å². The second-order valence-electron chi connectivity index (χ2n) is 3.70. The van der Waals surface area contributed by atoms with E-state index in [4.69, 9.17) is 5.73 Å². The van der Waals surface area contributed by atoms with Gasteiger partial charge in [0.15, 0.2) is 0 Å². The number of rotatable bonds is 8. The van der Waals surface area contributed by atoms with Gasteiger partial charge in [-0.25, -0.2) is 0 Å². The maximum Gasteiger partial charge on any atom is 0.236 e. The molecule has 0 aromatic carbocycles. The summed E-state index contributed by atoms with van der Waals surface area (Å²) in [6.45, 7) is 1.37. The number of carbonyl (C=O) groups excluding carboxylic acids is 1. The van der Waals surface area contributed by atoms with Gasteiger partial charge >= 0.3 is 0 Å². The predicted molar refractivity (Wildman–Crippen MR) is 68.6 cm³/mol. The Morgan fingerprint density at radius 2 is 2.47 bits per heavy atom. The number of nitrogens with zero attached hydrogens (tertiary/aromatic N) is 3. The van der Waals surface area contributed by atoms with Crippen LogP contribution in [0, 0.1) is 0 Å². The van der Waals surface area contributed by atoms with E-state index in [1.54, 1.807) is 28.8 Å². The molecule has 0 aliphatic carbocycles. The van der Waals surface area contributed by atoms with Crippen molar-refractivity contribution in [3.05, 3.63) is 12.4 Å². The van der Waals surface area contributed by atoms with E-state index in [1.165, 1.54) is 0 Å². The molecule has 6 nitrogen and oxygen atoms in total. The standard InChI is InChI=1S/C10H19N5OS/c1-17-8-3-9(11)10(16)12-4-2-6-15-7-5-13-14-15/h5,7,9H,2-4,6,8,11H2,1H3,(H,12,16)/t9-/m0/s1. The second kappa shape index (κ2) is 8.08. The molecular formula is C10H19N5OS. The highest BCUT2D eigenvalue weighted by molar-refractivity contribution is 7.98. The van der Waals surface area contributed by atoms with Gasteiger partial charge in [-0.2, -0.15) is 11.8 Å². The van der Waals surface area contributed by atoms with Crippen LogP contribution in [0.2, 0.25) is 0 Å². The Balaban J connectivity index is 2.07. The van der Waals surface area contributed by atoms with Crippen molar-refractivity contribution in [1.82, 2.24) is 20.3 Å². The van der Waals surface area contributed by atoms with E-state index < -0.39 is 6.04 Å². The monoisotopic (exact) mass is 257 g/mol. The molecule has 96 valence electrons. The summed E-state index contributed by atoms with van der Waals surface area (Å²) in [5.74, 6) is 0.839. The summed E-state index contributed by atoms with van der Waals surface area (Å²) in [6, 6.07) is -0.395. The van der Waals surface area contributed by atoms with Crippen LogP contribution < -0.4 is 11.1 Å². The zero-order valence-corrected chi connectivity index (χ0v) is 10.8. The lowest BCUT2D eigenvalue weighted by atomic mass is 10.2. The number of hydrogen-bond acceptors (Lipinski definition) is 5. The minimum Gasteiger partial charge on any atom is -0.355 e. The van der Waals surface area contributed by atoms with Crippen molar-refractivity contribution >= 4 is 17.7 Å². The zero-order valence-electron chi connectivity index (χ0n) is 10.0. The lowest BCUT2D eigenvalue weighted by Crippen LogP contribution is -2.41. The summed E-state index contributed by atoms with van der Waals surface area (Å²) in [4.78, 5) is 11.5. The van der Waals surface area contributed by atoms with Gasteiger partial charge in [0.25, 0.3) is 0 Å². The van der Waals surface area contributed by atoms with Crippen molar-refractivity contribution in [1.29, 1.82) is 0 Å². The number of aryl methyl sites for hydroxylation is 1. The van der Waals surface area contributed by atoms with Crippen LogP contribution in [0.4, 0.5) is 0 Å². The van der Waals surface area contributed by atoms with Crippen LogP contribution in [0.5, 0.6) is 0 Å². The smallest absolute Gasteiger partial charge is 0.236 e. The predicted octanol–water partition coefficient (Wildman–Crippen LogP) is -0.135. The number of aromatic nitrogens is 3. The van der Waals surface area contributed by atoms with Crippen molar-refractivity contribution in [2.75, 3.05) is 18.6 Å². The molecule has 0 fully saturated rings. The Morgan fingerprint density at radius 3 is 3.12 bits per heavy atom. The largest absolute Gasteiger partial charge is 0.355 e. The summed E-state index contributed by atoms with van der Waals surface area (Å²) < 4.78 is 1.74. The van der Waals surface area contributed by atoms with Crippen LogP contribution in [0.25, 0.3) is 0 Å². The Labute approximate surface area is 105 Å². The van der Waals surface area contributed by atoms with Crippen molar-refractivity contribution in [3.63, 3.8) is 0 Å². The minimum absolute atomic E-state index is 0.0716. The molecular weight excluding hydrogens is 238 g/mol. The van der Waals surface area contributed by atoms with Crippen molar-refractivity contribution in [2.24, 2.45) is 5.73 Å². The molecule has 0 aliphatic heterocycles. The van der Waals surface area contributed by atoms with Crippen molar-refractivity contribution < 1.29 is 4.79 Å². The van der Waals surface area contributed by atoms with E-state index in [0.29, 0.717) is 6.54 Å². The van der Waals surface area contributed by atoms with E-state index in [1.807, 2.05) is 6.26 Å². The summed E-state index contributed by atoms with van der Waals surface area (Å²) in [7, 11) is 0. The molecule has 0 bridgehead atoms. The summed E-state index contributed by atoms with van der Waals surface area (Å²) in [5, 5.41) is 10.4. The fraction of sp³-hybridized carbons (Fsp3) is 0.700. The van der Waals surface area contributed by atoms with Gasteiger partial charge in [-0.1, -0.05) is 5.21 Å². The van der Waals surface area contributed by atoms with Gasteiger partial charge in [-0.05, 0) is 24.9 Å². The van der Waals surface area contributed by atoms with Gasteiger partial charge in [-0.15, -0.1) is 5.10 Å². The van der Waals surface area contributed by atoms with Gasteiger partial charge in [-0.3, -0.25) is 9.48 Å². The van der Waals surface area contributed by atoms with Crippen LogP contribution >= 0.6 is 11.8 Å². The third-order valence-electron chi connectivity index (χ3n) is 2.30. The van der Waals surface area contributed by atoms with Gasteiger partial charge < -0.3 is 11.1 Å². The molecule has 1 atom stereocenters. The fourth-order valence-corrected chi connectivity index (χ4v) is 1.80. The van der Waals surface area contributed by atoms with E-state index >= 15 is 0 Å². The van der Waals surface area contributed by atoms with Crippen LogP contribution in [-0.2, 0) is 11.3 Å². The van der Waals surface area contributed by atoms with Gasteiger partial charge in [0.2, 0.25) is 5.91 Å². The average molecular weight is 257 g/mol. The van der Waals surface area contributed by atoms with Crippen LogP contribution in [0.3, 0.4) is 0 Å². The van der Waals surface area contributed by atoms with Crippen LogP contribution in [0.1, 0.15) is 12.8 Å². The summed E-state index contributed by atoms with van der Waals surface area (Å²) in [6.07, 6.45) is 6.98. The molecule has 3 N–H and O–H groups in total. The lowest BCUT2D eigenvalue weighted by molar-refractivity contribution is -0.122. The van der Waals surface area contributed by atoms with E-state index in [2.05, 4.69) is 15.6 Å². The highest BCUT2D eigenvalue weighted by Gasteiger charge is 2.11. The number of nitrogens with two attached hydrogens (primary N) is 1. The van der Waals surface area contributed by atoms with Crippen LogP contribution in [-0.4, -0.2) is 45.5 Å². The quantitative estimate of drug-likeness (QED) is 0.633. The van der Waals surface area contributed by atoms with E-state index in [0.717, 1.165) is 25.1 Å². The Bertz CT molecular complexity index is 317. The third kappa shape index (κ3) is 5.69. The van der Waals surface area contributed by atoms with E-state index in [9.17, 15) is 4.79 Å². The summed E-state index contributed by atoms with van der Waals surface area (Å²) in [5.41, 5.74) is 5.73. The number of amides is 1. The Morgan fingerprint density at radius 1 is 1.65 bits per heavy atom. The molecule has 1 aromatic heterocycles. The molecule has 1 amide bonds. The zero-order chi connectivity index (χ0) is 12.5. The summed E-state index contributed by atoms with van der Waals surface area (Å²) >= 11 is 1.70. The fourth-order valence-electron chi connectivity index (χ4n) is 1.31. The van der Waals surface area contributed by atoms with Gasteiger partial charge in [0, 0.05) is 19.3 Å². The molecule has 17 heavy (non-hydrogen) atoms. The number of thioether (sulfide) groups is 1. The highest BCUT2D eigenvalue weighted by atomic mass is 32.2. The van der Waals surface area contributed by atoms with Gasteiger partial charge in [0.1, 0.15) is 0 Å². The minimum atomic E-state index is -0.395. The molecule has 0 aliphatic rings. The van der Waals surface area contributed by atoms with Crippen molar-refractivity contribution in [3.8, 4) is 0 Å².